The number of alkyl halides is 2. The Morgan fingerprint density at radius 2 is 1.68 bits per heavy atom. The van der Waals surface area contributed by atoms with Crippen LogP contribution >= 0.6 is 0 Å². The molecular formula is C22H29F5O. The quantitative estimate of drug-likeness (QED) is 0.362. The summed E-state index contributed by atoms with van der Waals surface area (Å²) in [7, 11) is 0. The van der Waals surface area contributed by atoms with Gasteiger partial charge in [0.05, 0.1) is 0 Å². The number of hydrogen-bond acceptors (Lipinski definition) is 1. The van der Waals surface area contributed by atoms with E-state index in [0.717, 1.165) is 50.2 Å². The normalized spacial score (nSPS) is 31.2. The van der Waals surface area contributed by atoms with Crippen molar-refractivity contribution in [2.24, 2.45) is 23.7 Å². The lowest BCUT2D eigenvalue weighted by Gasteiger charge is -2.42. The summed E-state index contributed by atoms with van der Waals surface area (Å²) in [5, 5.41) is 0. The third-order valence-electron chi connectivity index (χ3n) is 6.71. The summed E-state index contributed by atoms with van der Waals surface area (Å²) in [5.41, 5.74) is 0. The van der Waals surface area contributed by atoms with Crippen LogP contribution in [0.4, 0.5) is 22.0 Å². The highest BCUT2D eigenvalue weighted by molar-refractivity contribution is 5.26. The van der Waals surface area contributed by atoms with E-state index in [2.05, 4.69) is 6.92 Å². The van der Waals surface area contributed by atoms with Crippen LogP contribution in [0.5, 0.6) is 5.75 Å². The van der Waals surface area contributed by atoms with E-state index in [0.29, 0.717) is 18.8 Å². The Balaban J connectivity index is 1.74. The Morgan fingerprint density at radius 3 is 2.32 bits per heavy atom. The molecule has 0 amide bonds. The average Bonchev–Trinajstić information content (AvgIpc) is 2.69. The van der Waals surface area contributed by atoms with E-state index in [-0.39, 0.29) is 18.1 Å². The topological polar surface area (TPSA) is 9.23 Å². The number of ether oxygens (including phenoxy) is 1. The second-order valence-corrected chi connectivity index (χ2v) is 8.47. The van der Waals surface area contributed by atoms with Gasteiger partial charge >= 0.3 is 0 Å². The van der Waals surface area contributed by atoms with Gasteiger partial charge in [-0.25, -0.2) is 17.6 Å². The average molecular weight is 404 g/mol. The van der Waals surface area contributed by atoms with Gasteiger partial charge in [0.1, 0.15) is 6.10 Å². The second kappa shape index (κ2) is 9.45. The summed E-state index contributed by atoms with van der Waals surface area (Å²) in [6.07, 6.45) is 4.77. The zero-order valence-electron chi connectivity index (χ0n) is 16.3. The van der Waals surface area contributed by atoms with E-state index in [1.54, 1.807) is 0 Å². The van der Waals surface area contributed by atoms with Crippen molar-refractivity contribution in [3.05, 3.63) is 29.6 Å². The maximum Gasteiger partial charge on any atom is 0.241 e. The zero-order valence-corrected chi connectivity index (χ0v) is 16.3. The fourth-order valence-electron chi connectivity index (χ4n) is 5.16. The van der Waals surface area contributed by atoms with Crippen LogP contribution in [0.25, 0.3) is 0 Å². The molecule has 0 spiro atoms. The van der Waals surface area contributed by atoms with Crippen LogP contribution in [0.15, 0.2) is 12.1 Å². The molecule has 3 atom stereocenters. The lowest BCUT2D eigenvalue weighted by Crippen LogP contribution is -2.41. The minimum absolute atomic E-state index is 0.0464. The van der Waals surface area contributed by atoms with Crippen molar-refractivity contribution in [3.63, 3.8) is 0 Å². The highest BCUT2D eigenvalue weighted by atomic mass is 19.3. The summed E-state index contributed by atoms with van der Waals surface area (Å²) >= 11 is 0. The van der Waals surface area contributed by atoms with Crippen LogP contribution in [-0.2, 0) is 0 Å². The number of halogens is 5. The van der Waals surface area contributed by atoms with Gasteiger partial charge in [-0.15, -0.1) is 0 Å². The molecule has 2 fully saturated rings. The molecule has 1 aromatic rings. The zero-order chi connectivity index (χ0) is 20.3. The predicted octanol–water partition coefficient (Wildman–Crippen LogP) is 7.14. The Kier molecular flexibility index (Phi) is 7.21. The first kappa shape index (κ1) is 21.4. The third-order valence-corrected chi connectivity index (χ3v) is 6.71. The monoisotopic (exact) mass is 404 g/mol. The number of hydrogen-bond donors (Lipinski definition) is 0. The molecule has 28 heavy (non-hydrogen) atoms. The van der Waals surface area contributed by atoms with Crippen LogP contribution in [0.3, 0.4) is 0 Å². The number of rotatable bonds is 6. The summed E-state index contributed by atoms with van der Waals surface area (Å²) in [6.45, 7) is 2.18. The molecule has 3 rings (SSSR count). The fraction of sp³-hybridized carbons (Fsp3) is 0.727. The van der Waals surface area contributed by atoms with Gasteiger partial charge in [0.15, 0.2) is 17.4 Å². The molecule has 0 aliphatic heterocycles. The molecule has 0 saturated heterocycles. The molecule has 6 heteroatoms. The molecular weight excluding hydrogens is 375 g/mol. The van der Waals surface area contributed by atoms with Crippen LogP contribution in [0.2, 0.25) is 0 Å². The van der Waals surface area contributed by atoms with Crippen molar-refractivity contribution in [3.8, 4) is 5.75 Å². The third kappa shape index (κ3) is 4.80. The molecule has 158 valence electrons. The molecule has 2 aliphatic rings. The van der Waals surface area contributed by atoms with Crippen molar-refractivity contribution in [2.45, 2.75) is 77.2 Å². The molecule has 2 unspecified atom stereocenters. The molecule has 0 heterocycles. The summed E-state index contributed by atoms with van der Waals surface area (Å²) in [5.74, 6) is -4.32. The van der Waals surface area contributed by atoms with Gasteiger partial charge in [0.2, 0.25) is 12.2 Å². The highest BCUT2D eigenvalue weighted by Gasteiger charge is 2.41. The standard InChI is InChI=1S/C22H29F5O/c1-2-3-13-4-6-14(7-5-13)16-9-8-15(22(26)27)12-19(16)28-18-11-10-17(23)20(24)21(18)25/h10-11,13-16,19,22H,2-9,12H2,1H3/t13?,14?,15?,16-,19?/m1/s1. The minimum atomic E-state index is -2.46. The van der Waals surface area contributed by atoms with E-state index in [1.807, 2.05) is 0 Å². The van der Waals surface area contributed by atoms with E-state index in [1.165, 1.54) is 6.42 Å². The fourth-order valence-corrected chi connectivity index (χ4v) is 5.16. The smallest absolute Gasteiger partial charge is 0.241 e. The van der Waals surface area contributed by atoms with Gasteiger partial charge in [-0.2, -0.15) is 4.39 Å². The first-order chi connectivity index (χ1) is 13.4. The SMILES string of the molecule is CCCC1CCC([C@H]2CCC(C(F)F)CC2Oc2ccc(F)c(F)c2F)CC1. The molecule has 0 radical (unpaired) electrons. The van der Waals surface area contributed by atoms with Gasteiger partial charge in [-0.3, -0.25) is 0 Å². The van der Waals surface area contributed by atoms with E-state index < -0.39 is 35.9 Å². The first-order valence-electron chi connectivity index (χ1n) is 10.5. The predicted molar refractivity (Wildman–Crippen MR) is 97.9 cm³/mol. The van der Waals surface area contributed by atoms with Crippen molar-refractivity contribution >= 4 is 0 Å². The van der Waals surface area contributed by atoms with Crippen LogP contribution in [-0.4, -0.2) is 12.5 Å². The molecule has 0 aromatic heterocycles. The highest BCUT2D eigenvalue weighted by Crippen LogP contribution is 2.45. The Hall–Kier alpha value is -1.33. The van der Waals surface area contributed by atoms with E-state index >= 15 is 0 Å². The van der Waals surface area contributed by atoms with Gasteiger partial charge < -0.3 is 4.74 Å². The molecule has 0 N–H and O–H groups in total. The molecule has 2 aliphatic carbocycles. The Bertz CT molecular complexity index is 642. The summed E-state index contributed by atoms with van der Waals surface area (Å²) in [4.78, 5) is 0. The van der Waals surface area contributed by atoms with Crippen molar-refractivity contribution in [1.29, 1.82) is 0 Å². The van der Waals surface area contributed by atoms with Crippen molar-refractivity contribution in [2.75, 3.05) is 0 Å². The first-order valence-corrected chi connectivity index (χ1v) is 10.5. The summed E-state index contributed by atoms with van der Waals surface area (Å²) < 4.78 is 73.2. The van der Waals surface area contributed by atoms with E-state index in [9.17, 15) is 22.0 Å². The molecule has 1 nitrogen and oxygen atoms in total. The van der Waals surface area contributed by atoms with Crippen LogP contribution in [0.1, 0.15) is 64.7 Å². The van der Waals surface area contributed by atoms with Gasteiger partial charge in [0.25, 0.3) is 0 Å². The second-order valence-electron chi connectivity index (χ2n) is 8.47. The van der Waals surface area contributed by atoms with Crippen molar-refractivity contribution in [1.82, 2.24) is 0 Å². The Morgan fingerprint density at radius 1 is 0.964 bits per heavy atom. The maximum absolute atomic E-state index is 14.1. The van der Waals surface area contributed by atoms with Gasteiger partial charge in [-0.1, -0.05) is 32.6 Å². The maximum atomic E-state index is 14.1. The largest absolute Gasteiger partial charge is 0.487 e. The lowest BCUT2D eigenvalue weighted by atomic mass is 9.67. The Labute approximate surface area is 163 Å². The van der Waals surface area contributed by atoms with Gasteiger partial charge in [-0.05, 0) is 62.0 Å². The molecule has 0 bridgehead atoms. The summed E-state index contributed by atoms with van der Waals surface area (Å²) in [6, 6.07) is 1.86. The lowest BCUT2D eigenvalue weighted by molar-refractivity contribution is -0.0304. The van der Waals surface area contributed by atoms with Crippen LogP contribution < -0.4 is 4.74 Å². The minimum Gasteiger partial charge on any atom is -0.487 e. The van der Waals surface area contributed by atoms with Crippen molar-refractivity contribution < 1.29 is 26.7 Å². The van der Waals surface area contributed by atoms with Gasteiger partial charge in [0, 0.05) is 5.92 Å². The number of benzene rings is 1. The molecule has 2 saturated carbocycles. The van der Waals surface area contributed by atoms with Crippen LogP contribution in [0, 0.1) is 41.1 Å². The molecule has 1 aromatic carbocycles. The van der Waals surface area contributed by atoms with E-state index in [4.69, 9.17) is 4.74 Å².